The Labute approximate surface area is 184 Å². The quantitative estimate of drug-likeness (QED) is 0.483. The van der Waals surface area contributed by atoms with Gasteiger partial charge in [0.1, 0.15) is 0 Å². The molecule has 0 unspecified atom stereocenters. The predicted molar refractivity (Wildman–Crippen MR) is 119 cm³/mol. The summed E-state index contributed by atoms with van der Waals surface area (Å²) in [4.78, 5) is 50.8. The van der Waals surface area contributed by atoms with Gasteiger partial charge in [-0.2, -0.15) is 0 Å². The summed E-state index contributed by atoms with van der Waals surface area (Å²) < 4.78 is 5.14. The van der Waals surface area contributed by atoms with Gasteiger partial charge in [-0.05, 0) is 74.5 Å². The Kier molecular flexibility index (Phi) is 5.55. The maximum absolute atomic E-state index is 12.6. The van der Waals surface area contributed by atoms with Crippen LogP contribution in [-0.4, -0.2) is 29.8 Å². The van der Waals surface area contributed by atoms with E-state index in [1.54, 1.807) is 86.6 Å². The topological polar surface area (TPSA) is 92.8 Å². The Morgan fingerprint density at radius 3 is 1.84 bits per heavy atom. The second-order valence-corrected chi connectivity index (χ2v) is 7.52. The molecule has 0 fully saturated rings. The molecule has 4 rings (SSSR count). The Morgan fingerprint density at radius 2 is 1.31 bits per heavy atom. The van der Waals surface area contributed by atoms with Crippen LogP contribution in [0.4, 0.5) is 11.4 Å². The molecule has 1 aliphatic heterocycles. The van der Waals surface area contributed by atoms with Crippen LogP contribution in [0.1, 0.15) is 55.3 Å². The molecular formula is C25H20N2O5. The standard InChI is InChI=1S/C25H20N2O5/c1-15(2)32-25(31)17-7-11-18(12-8-17)26-22(28)16-9-13-19(14-10-16)27-23(29)20-5-3-4-6-21(20)24(27)30/h3-15H,1-2H3,(H,26,28). The minimum absolute atomic E-state index is 0.217. The summed E-state index contributed by atoms with van der Waals surface area (Å²) in [6.07, 6.45) is -0.217. The number of carbonyl (C=O) groups excluding carboxylic acids is 4. The first-order valence-electron chi connectivity index (χ1n) is 10.1. The van der Waals surface area contributed by atoms with E-state index < -0.39 is 5.97 Å². The number of amides is 3. The van der Waals surface area contributed by atoms with E-state index >= 15 is 0 Å². The molecule has 0 radical (unpaired) electrons. The van der Waals surface area contributed by atoms with Crippen molar-refractivity contribution in [2.24, 2.45) is 0 Å². The van der Waals surface area contributed by atoms with Gasteiger partial charge in [-0.3, -0.25) is 14.4 Å². The second kappa shape index (κ2) is 8.47. The summed E-state index contributed by atoms with van der Waals surface area (Å²) in [5, 5.41) is 2.75. The summed E-state index contributed by atoms with van der Waals surface area (Å²) in [6, 6.07) is 19.2. The van der Waals surface area contributed by atoms with E-state index in [9.17, 15) is 19.2 Å². The highest BCUT2D eigenvalue weighted by atomic mass is 16.5. The fourth-order valence-corrected chi connectivity index (χ4v) is 3.36. The first kappa shape index (κ1) is 21.0. The van der Waals surface area contributed by atoms with Gasteiger partial charge in [0, 0.05) is 11.3 Å². The average molecular weight is 428 g/mol. The van der Waals surface area contributed by atoms with Crippen molar-refractivity contribution in [3.8, 4) is 0 Å². The fourth-order valence-electron chi connectivity index (χ4n) is 3.36. The molecule has 0 aromatic heterocycles. The number of imide groups is 1. The van der Waals surface area contributed by atoms with Crippen molar-refractivity contribution in [2.45, 2.75) is 20.0 Å². The molecule has 0 spiro atoms. The third kappa shape index (κ3) is 4.00. The zero-order valence-corrected chi connectivity index (χ0v) is 17.5. The zero-order valence-electron chi connectivity index (χ0n) is 17.5. The van der Waals surface area contributed by atoms with Crippen molar-refractivity contribution in [1.82, 2.24) is 0 Å². The number of hydrogen-bond acceptors (Lipinski definition) is 5. The number of hydrogen-bond donors (Lipinski definition) is 1. The highest BCUT2D eigenvalue weighted by Gasteiger charge is 2.36. The van der Waals surface area contributed by atoms with E-state index in [1.165, 1.54) is 0 Å². The number of benzene rings is 3. The fraction of sp³-hybridized carbons (Fsp3) is 0.120. The van der Waals surface area contributed by atoms with E-state index in [4.69, 9.17) is 4.74 Å². The zero-order chi connectivity index (χ0) is 22.8. The van der Waals surface area contributed by atoms with Crippen molar-refractivity contribution in [3.63, 3.8) is 0 Å². The van der Waals surface area contributed by atoms with Gasteiger partial charge in [-0.1, -0.05) is 12.1 Å². The van der Waals surface area contributed by atoms with Crippen LogP contribution in [0.25, 0.3) is 0 Å². The van der Waals surface area contributed by atoms with Crippen LogP contribution in [0, 0.1) is 0 Å². The number of carbonyl (C=O) groups is 4. The lowest BCUT2D eigenvalue weighted by Gasteiger charge is -2.14. The van der Waals surface area contributed by atoms with Crippen LogP contribution in [0.15, 0.2) is 72.8 Å². The second-order valence-electron chi connectivity index (χ2n) is 7.52. The van der Waals surface area contributed by atoms with Crippen molar-refractivity contribution in [3.05, 3.63) is 95.1 Å². The van der Waals surface area contributed by atoms with Crippen LogP contribution >= 0.6 is 0 Å². The minimum atomic E-state index is -0.429. The summed E-state index contributed by atoms with van der Waals surface area (Å²) in [7, 11) is 0. The lowest BCUT2D eigenvalue weighted by molar-refractivity contribution is 0.0377. The van der Waals surface area contributed by atoms with E-state index in [2.05, 4.69) is 5.32 Å². The van der Waals surface area contributed by atoms with Crippen molar-refractivity contribution >= 4 is 35.1 Å². The lowest BCUT2D eigenvalue weighted by atomic mass is 10.1. The van der Waals surface area contributed by atoms with Crippen molar-refractivity contribution < 1.29 is 23.9 Å². The molecule has 160 valence electrons. The monoisotopic (exact) mass is 428 g/mol. The van der Waals surface area contributed by atoms with Gasteiger partial charge in [0.2, 0.25) is 0 Å². The third-order valence-corrected chi connectivity index (χ3v) is 4.90. The Balaban J connectivity index is 1.45. The summed E-state index contributed by atoms with van der Waals surface area (Å²) in [5.74, 6) is -1.57. The predicted octanol–water partition coefficient (Wildman–Crippen LogP) is 4.30. The smallest absolute Gasteiger partial charge is 0.338 e. The van der Waals surface area contributed by atoms with Gasteiger partial charge in [-0.15, -0.1) is 0 Å². The van der Waals surface area contributed by atoms with Crippen LogP contribution < -0.4 is 10.2 Å². The van der Waals surface area contributed by atoms with Gasteiger partial charge in [0.15, 0.2) is 0 Å². The number of anilines is 2. The Hall–Kier alpha value is -4.26. The van der Waals surface area contributed by atoms with E-state index in [0.717, 1.165) is 4.90 Å². The van der Waals surface area contributed by atoms with Gasteiger partial charge in [-0.25, -0.2) is 9.69 Å². The number of nitrogens with zero attached hydrogens (tertiary/aromatic N) is 1. The number of fused-ring (bicyclic) bond motifs is 1. The van der Waals surface area contributed by atoms with E-state index in [0.29, 0.717) is 33.6 Å². The molecular weight excluding hydrogens is 408 g/mol. The molecule has 0 aliphatic carbocycles. The molecule has 0 bridgehead atoms. The first-order valence-corrected chi connectivity index (χ1v) is 10.1. The molecule has 0 saturated carbocycles. The Bertz CT molecular complexity index is 1180. The van der Waals surface area contributed by atoms with Gasteiger partial charge < -0.3 is 10.1 Å². The molecule has 3 aromatic rings. The van der Waals surface area contributed by atoms with Gasteiger partial charge in [0.25, 0.3) is 17.7 Å². The van der Waals surface area contributed by atoms with Crippen LogP contribution in [0.3, 0.4) is 0 Å². The lowest BCUT2D eigenvalue weighted by Crippen LogP contribution is -2.29. The van der Waals surface area contributed by atoms with E-state index in [-0.39, 0.29) is 23.8 Å². The molecule has 0 saturated heterocycles. The van der Waals surface area contributed by atoms with Gasteiger partial charge >= 0.3 is 5.97 Å². The van der Waals surface area contributed by atoms with E-state index in [1.807, 2.05) is 0 Å². The summed E-state index contributed by atoms with van der Waals surface area (Å²) in [5.41, 5.74) is 2.37. The molecule has 7 nitrogen and oxygen atoms in total. The average Bonchev–Trinajstić information content (AvgIpc) is 3.04. The van der Waals surface area contributed by atoms with Crippen LogP contribution in [0.5, 0.6) is 0 Å². The molecule has 1 heterocycles. The van der Waals surface area contributed by atoms with Crippen LogP contribution in [-0.2, 0) is 4.74 Å². The summed E-state index contributed by atoms with van der Waals surface area (Å²) >= 11 is 0. The highest BCUT2D eigenvalue weighted by molar-refractivity contribution is 6.34. The van der Waals surface area contributed by atoms with Gasteiger partial charge in [0.05, 0.1) is 28.5 Å². The summed E-state index contributed by atoms with van der Waals surface area (Å²) in [6.45, 7) is 3.54. The van der Waals surface area contributed by atoms with Crippen molar-refractivity contribution in [1.29, 1.82) is 0 Å². The molecule has 32 heavy (non-hydrogen) atoms. The largest absolute Gasteiger partial charge is 0.459 e. The minimum Gasteiger partial charge on any atom is -0.459 e. The molecule has 3 aromatic carbocycles. The molecule has 1 N–H and O–H groups in total. The normalized spacial score (nSPS) is 12.7. The number of ether oxygens (including phenoxy) is 1. The molecule has 3 amide bonds. The number of nitrogens with one attached hydrogen (secondary N) is 1. The molecule has 7 heteroatoms. The molecule has 0 atom stereocenters. The van der Waals surface area contributed by atoms with Crippen molar-refractivity contribution in [2.75, 3.05) is 10.2 Å². The molecule has 1 aliphatic rings. The maximum atomic E-state index is 12.6. The maximum Gasteiger partial charge on any atom is 0.338 e. The SMILES string of the molecule is CC(C)OC(=O)c1ccc(NC(=O)c2ccc(N3C(=O)c4ccccc4C3=O)cc2)cc1. The van der Waals surface area contributed by atoms with Crippen LogP contribution in [0.2, 0.25) is 0 Å². The Morgan fingerprint density at radius 1 is 0.781 bits per heavy atom. The highest BCUT2D eigenvalue weighted by Crippen LogP contribution is 2.28. The number of rotatable bonds is 5. The first-order chi connectivity index (χ1) is 15.3. The third-order valence-electron chi connectivity index (χ3n) is 4.90. The number of esters is 1.